The van der Waals surface area contributed by atoms with Crippen LogP contribution in [0.15, 0.2) is 0 Å². The molecule has 9 heteroatoms. The fourth-order valence-corrected chi connectivity index (χ4v) is 1.58. The number of hydrogen-bond donors (Lipinski definition) is 4. The average Bonchev–Trinajstić information content (AvgIpc) is 1.77. The molecule has 82 valence electrons. The maximum atomic E-state index is 10.6. The fraction of sp³-hybridized carbons (Fsp3) is 0.600. The maximum Gasteiger partial charge on any atom is 0.339 e. The van der Waals surface area contributed by atoms with E-state index in [1.54, 1.807) is 0 Å². The molecule has 0 bridgehead atoms. The van der Waals surface area contributed by atoms with Gasteiger partial charge in [0, 0.05) is 0 Å². The van der Waals surface area contributed by atoms with E-state index >= 15 is 0 Å². The monoisotopic (exact) mass is 225 g/mol. The molecule has 8 nitrogen and oxygen atoms in total. The molecule has 0 aromatic heterocycles. The zero-order valence-electron chi connectivity index (χ0n) is 7.29. The van der Waals surface area contributed by atoms with Crippen LogP contribution in [-0.4, -0.2) is 45.9 Å². The van der Waals surface area contributed by atoms with Crippen molar-refractivity contribution >= 4 is 19.4 Å². The van der Waals surface area contributed by atoms with Gasteiger partial charge in [-0.25, -0.2) is 0 Å². The van der Waals surface area contributed by atoms with Gasteiger partial charge in [0.15, 0.2) is 0 Å². The number of nitrogens with zero attached hydrogens (tertiary/aromatic N) is 1. The minimum absolute atomic E-state index is 0.423. The Morgan fingerprint density at radius 1 is 1.14 bits per heavy atom. The Morgan fingerprint density at radius 2 is 1.50 bits per heavy atom. The molecule has 0 aromatic rings. The Balaban J connectivity index is 4.32. The van der Waals surface area contributed by atoms with E-state index < -0.39 is 38.8 Å². The molecule has 0 unspecified atom stereocenters. The quantitative estimate of drug-likeness (QED) is 0.364. The average molecular weight is 225 g/mol. The Bertz CT molecular complexity index is 259. The summed E-state index contributed by atoms with van der Waals surface area (Å²) in [4.78, 5) is 39.0. The van der Waals surface area contributed by atoms with Crippen LogP contribution in [0, 0.1) is 0 Å². The summed E-state index contributed by atoms with van der Waals surface area (Å²) in [6, 6.07) is 0. The van der Waals surface area contributed by atoms with Crippen molar-refractivity contribution in [3.05, 3.63) is 0 Å². The summed E-state index contributed by atoms with van der Waals surface area (Å²) in [6.07, 6.45) is -0.723. The van der Waals surface area contributed by atoms with E-state index in [1.807, 2.05) is 0 Å². The van der Waals surface area contributed by atoms with Crippen molar-refractivity contribution in [3.8, 4) is 0 Å². The molecule has 0 heterocycles. The third kappa shape index (κ3) is 7.69. The van der Waals surface area contributed by atoms with E-state index in [2.05, 4.69) is 0 Å². The lowest BCUT2D eigenvalue weighted by molar-refractivity contribution is -0.121. The topological polar surface area (TPSA) is 147 Å². The number of nitrogens with two attached hydrogens (primary N) is 2. The first-order valence-corrected chi connectivity index (χ1v) is 5.34. The molecule has 0 atom stereocenters. The molecular weight excluding hydrogens is 213 g/mol. The Morgan fingerprint density at radius 3 is 1.71 bits per heavy atom. The van der Waals surface area contributed by atoms with Crippen LogP contribution in [0.25, 0.3) is 0 Å². The molecule has 0 rings (SSSR count). The highest BCUT2D eigenvalue weighted by Gasteiger charge is 2.21. The second-order valence-corrected chi connectivity index (χ2v) is 4.34. The number of primary amides is 2. The molecule has 0 saturated carbocycles. The van der Waals surface area contributed by atoms with Gasteiger partial charge in [-0.15, -0.1) is 0 Å². The third-order valence-corrected chi connectivity index (χ3v) is 1.91. The predicted octanol–water partition coefficient (Wildman–Crippen LogP) is -2.61. The van der Waals surface area contributed by atoms with Crippen molar-refractivity contribution in [2.24, 2.45) is 11.5 Å². The van der Waals surface area contributed by atoms with Gasteiger partial charge in [-0.05, 0) is 0 Å². The molecule has 0 saturated heterocycles. The molecule has 0 fully saturated rings. The summed E-state index contributed by atoms with van der Waals surface area (Å²) in [5.41, 5.74) is 9.60. The molecular formula is C5H12N3O5P. The summed E-state index contributed by atoms with van der Waals surface area (Å²) in [5, 5.41) is 0. The molecule has 0 aliphatic carbocycles. The molecule has 0 spiro atoms. The normalized spacial score (nSPS) is 11.6. The molecule has 0 aliphatic heterocycles. The van der Waals surface area contributed by atoms with Crippen molar-refractivity contribution in [3.63, 3.8) is 0 Å². The van der Waals surface area contributed by atoms with Gasteiger partial charge in [-0.3, -0.25) is 19.1 Å². The number of carbonyl (C=O) groups excluding carboxylic acids is 2. The van der Waals surface area contributed by atoms with Crippen molar-refractivity contribution in [2.45, 2.75) is 0 Å². The lowest BCUT2D eigenvalue weighted by atomic mass is 10.5. The van der Waals surface area contributed by atoms with Gasteiger partial charge in [0.1, 0.15) is 6.29 Å². The summed E-state index contributed by atoms with van der Waals surface area (Å²) in [6.45, 7) is -0.845. The first-order chi connectivity index (χ1) is 6.20. The molecule has 2 amide bonds. The largest absolute Gasteiger partial charge is 0.369 e. The second-order valence-electron chi connectivity index (χ2n) is 2.73. The Kier molecular flexibility index (Phi) is 4.72. The van der Waals surface area contributed by atoms with Crippen LogP contribution in [-0.2, 0) is 14.2 Å². The van der Waals surface area contributed by atoms with Gasteiger partial charge >= 0.3 is 7.60 Å². The Hall–Kier alpha value is -0.950. The zero-order valence-corrected chi connectivity index (χ0v) is 8.18. The van der Waals surface area contributed by atoms with Crippen molar-refractivity contribution in [1.29, 1.82) is 0 Å². The third-order valence-electron chi connectivity index (χ3n) is 1.14. The van der Waals surface area contributed by atoms with Crippen LogP contribution < -0.4 is 11.5 Å². The lowest BCUT2D eigenvalue weighted by Gasteiger charge is -2.18. The predicted molar refractivity (Wildman–Crippen MR) is 46.9 cm³/mol. The molecule has 6 N–H and O–H groups in total. The minimum Gasteiger partial charge on any atom is -0.369 e. The molecule has 14 heavy (non-hydrogen) atoms. The summed E-state index contributed by atoms with van der Waals surface area (Å²) < 4.78 is 10.6. The van der Waals surface area contributed by atoms with Crippen LogP contribution in [0.2, 0.25) is 0 Å². The fourth-order valence-electron chi connectivity index (χ4n) is 0.857. The van der Waals surface area contributed by atoms with Gasteiger partial charge in [-0.1, -0.05) is 0 Å². The second kappa shape index (κ2) is 5.06. The molecule has 0 aromatic carbocycles. The standard InChI is InChI=1S/C5H12N3O5P/c6-4(9)1-8(2-5(7)10)3-14(11,12)13/h1-3H2,(H2,6,9)(H2,7,10)(H2,11,12,13). The van der Waals surface area contributed by atoms with Crippen LogP contribution >= 0.6 is 7.60 Å². The minimum atomic E-state index is -4.32. The van der Waals surface area contributed by atoms with Crippen molar-refractivity contribution in [1.82, 2.24) is 4.90 Å². The van der Waals surface area contributed by atoms with Crippen molar-refractivity contribution in [2.75, 3.05) is 19.4 Å². The number of rotatable bonds is 6. The van der Waals surface area contributed by atoms with E-state index in [0.717, 1.165) is 4.90 Å². The van der Waals surface area contributed by atoms with Gasteiger partial charge in [-0.2, -0.15) is 0 Å². The number of carbonyl (C=O) groups is 2. The lowest BCUT2D eigenvalue weighted by Crippen LogP contribution is -2.40. The van der Waals surface area contributed by atoms with Crippen LogP contribution in [0.4, 0.5) is 0 Å². The van der Waals surface area contributed by atoms with E-state index in [9.17, 15) is 14.2 Å². The van der Waals surface area contributed by atoms with E-state index in [-0.39, 0.29) is 0 Å². The maximum absolute atomic E-state index is 10.6. The van der Waals surface area contributed by atoms with E-state index in [0.29, 0.717) is 0 Å². The van der Waals surface area contributed by atoms with Gasteiger partial charge in [0.25, 0.3) is 0 Å². The smallest absolute Gasteiger partial charge is 0.339 e. The van der Waals surface area contributed by atoms with Gasteiger partial charge in [0.2, 0.25) is 11.8 Å². The first-order valence-electron chi connectivity index (χ1n) is 3.54. The van der Waals surface area contributed by atoms with Crippen LogP contribution in [0.1, 0.15) is 0 Å². The number of amides is 2. The van der Waals surface area contributed by atoms with Crippen LogP contribution in [0.5, 0.6) is 0 Å². The summed E-state index contributed by atoms with van der Waals surface area (Å²) in [7, 11) is -4.32. The highest BCUT2D eigenvalue weighted by Crippen LogP contribution is 2.34. The SMILES string of the molecule is NC(=O)CN(CC(N)=O)CP(=O)(O)O. The Labute approximate surface area is 80.0 Å². The summed E-state index contributed by atoms with van der Waals surface area (Å²) >= 11 is 0. The van der Waals surface area contributed by atoms with Crippen LogP contribution in [0.3, 0.4) is 0 Å². The number of hydrogen-bond acceptors (Lipinski definition) is 4. The van der Waals surface area contributed by atoms with Crippen molar-refractivity contribution < 1.29 is 23.9 Å². The van der Waals surface area contributed by atoms with E-state index in [4.69, 9.17) is 21.3 Å². The van der Waals surface area contributed by atoms with Gasteiger partial charge < -0.3 is 21.3 Å². The first kappa shape index (κ1) is 13.1. The summed E-state index contributed by atoms with van der Waals surface area (Å²) in [5.74, 6) is -1.58. The molecule has 0 radical (unpaired) electrons. The zero-order chi connectivity index (χ0) is 11.4. The van der Waals surface area contributed by atoms with E-state index in [1.165, 1.54) is 0 Å². The highest BCUT2D eigenvalue weighted by atomic mass is 31.2. The highest BCUT2D eigenvalue weighted by molar-refractivity contribution is 7.51. The molecule has 0 aliphatic rings. The van der Waals surface area contributed by atoms with Gasteiger partial charge in [0.05, 0.1) is 13.1 Å².